The molecular weight excluding hydrogens is 485 g/mol. The van der Waals surface area contributed by atoms with Crippen LogP contribution in [0.2, 0.25) is 0 Å². The Labute approximate surface area is 203 Å². The molecule has 0 aromatic carbocycles. The van der Waals surface area contributed by atoms with Gasteiger partial charge < -0.3 is 14.9 Å². The zero-order chi connectivity index (χ0) is 25.7. The first-order valence-electron chi connectivity index (χ1n) is 11.8. The molecule has 0 saturated carbocycles. The number of fused-ring (bicyclic) bond motifs is 1. The average molecular weight is 511 g/mol. The maximum atomic E-state index is 13.3. The lowest BCUT2D eigenvalue weighted by atomic mass is 9.71. The van der Waals surface area contributed by atoms with Crippen LogP contribution in [0.3, 0.4) is 0 Å². The summed E-state index contributed by atoms with van der Waals surface area (Å²) in [6.07, 6.45) is -1.49. The SMILES string of the molecule is CCC1N(c2cc(C(F)(F)F)ccn2)C(O)CC12CCN(c1cnc3cnn(CC(F)F)c3n1)CC2. The summed E-state index contributed by atoms with van der Waals surface area (Å²) in [5, 5.41) is 14.9. The zero-order valence-corrected chi connectivity index (χ0v) is 19.5. The molecule has 8 nitrogen and oxygen atoms in total. The number of rotatable bonds is 5. The molecule has 2 unspecified atom stereocenters. The molecule has 2 aliphatic heterocycles. The van der Waals surface area contributed by atoms with Gasteiger partial charge in [-0.2, -0.15) is 18.3 Å². The van der Waals surface area contributed by atoms with Crippen molar-refractivity contribution >= 4 is 22.8 Å². The van der Waals surface area contributed by atoms with Gasteiger partial charge in [-0.1, -0.05) is 6.92 Å². The van der Waals surface area contributed by atoms with E-state index < -0.39 is 30.9 Å². The van der Waals surface area contributed by atoms with Crippen LogP contribution in [0.15, 0.2) is 30.7 Å². The monoisotopic (exact) mass is 511 g/mol. The highest BCUT2D eigenvalue weighted by Crippen LogP contribution is 2.50. The van der Waals surface area contributed by atoms with Crippen LogP contribution < -0.4 is 9.80 Å². The highest BCUT2D eigenvalue weighted by molar-refractivity contribution is 5.71. The van der Waals surface area contributed by atoms with Crippen LogP contribution in [0, 0.1) is 5.41 Å². The molecule has 2 saturated heterocycles. The molecule has 1 spiro atoms. The summed E-state index contributed by atoms with van der Waals surface area (Å²) >= 11 is 0. The topological polar surface area (TPSA) is 83.2 Å². The molecule has 2 aliphatic rings. The Bertz CT molecular complexity index is 1230. The summed E-state index contributed by atoms with van der Waals surface area (Å²) in [5.74, 6) is 0.670. The van der Waals surface area contributed by atoms with Gasteiger partial charge in [-0.15, -0.1) is 0 Å². The van der Waals surface area contributed by atoms with Crippen molar-refractivity contribution in [3.05, 3.63) is 36.3 Å². The molecule has 5 rings (SSSR count). The van der Waals surface area contributed by atoms with Gasteiger partial charge in [-0.05, 0) is 43.2 Å². The molecule has 3 aromatic rings. The Morgan fingerprint density at radius 2 is 1.89 bits per heavy atom. The van der Waals surface area contributed by atoms with Crippen LogP contribution in [0.5, 0.6) is 0 Å². The van der Waals surface area contributed by atoms with Gasteiger partial charge in [-0.3, -0.25) is 0 Å². The Morgan fingerprint density at radius 3 is 2.56 bits per heavy atom. The van der Waals surface area contributed by atoms with Gasteiger partial charge >= 0.3 is 6.18 Å². The molecule has 0 aliphatic carbocycles. The Kier molecular flexibility index (Phi) is 6.21. The molecule has 1 N–H and O–H groups in total. The lowest BCUT2D eigenvalue weighted by Gasteiger charge is -2.44. The normalized spacial score (nSPS) is 22.3. The fourth-order valence-corrected chi connectivity index (χ4v) is 5.75. The third-order valence-corrected chi connectivity index (χ3v) is 7.40. The van der Waals surface area contributed by atoms with Crippen molar-refractivity contribution in [2.45, 2.75) is 64.0 Å². The van der Waals surface area contributed by atoms with Crippen molar-refractivity contribution in [3.63, 3.8) is 0 Å². The number of hydrogen-bond acceptors (Lipinski definition) is 7. The predicted octanol–water partition coefficient (Wildman–Crippen LogP) is 4.10. The van der Waals surface area contributed by atoms with Crippen LogP contribution >= 0.6 is 0 Å². The lowest BCUT2D eigenvalue weighted by molar-refractivity contribution is -0.137. The Balaban J connectivity index is 1.36. The number of hydrogen-bond donors (Lipinski definition) is 1. The van der Waals surface area contributed by atoms with Crippen molar-refractivity contribution < 1.29 is 27.1 Å². The Morgan fingerprint density at radius 1 is 1.14 bits per heavy atom. The van der Waals surface area contributed by atoms with Crippen LogP contribution in [-0.4, -0.2) is 61.6 Å². The van der Waals surface area contributed by atoms with E-state index in [1.807, 2.05) is 11.8 Å². The summed E-state index contributed by atoms with van der Waals surface area (Å²) < 4.78 is 66.7. The van der Waals surface area contributed by atoms with Crippen molar-refractivity contribution in [1.29, 1.82) is 0 Å². The summed E-state index contributed by atoms with van der Waals surface area (Å²) in [7, 11) is 0. The highest BCUT2D eigenvalue weighted by Gasteiger charge is 2.52. The van der Waals surface area contributed by atoms with E-state index in [2.05, 4.69) is 20.1 Å². The van der Waals surface area contributed by atoms with Gasteiger partial charge in [0.15, 0.2) is 5.65 Å². The second kappa shape index (κ2) is 9.09. The summed E-state index contributed by atoms with van der Waals surface area (Å²) in [4.78, 5) is 16.6. The van der Waals surface area contributed by atoms with Gasteiger partial charge in [0.2, 0.25) is 0 Å². The van der Waals surface area contributed by atoms with Gasteiger partial charge in [0.05, 0.1) is 18.0 Å². The number of nitrogens with zero attached hydrogens (tertiary/aromatic N) is 7. The van der Waals surface area contributed by atoms with Gasteiger partial charge in [0.25, 0.3) is 6.43 Å². The lowest BCUT2D eigenvalue weighted by Crippen LogP contribution is -2.48. The van der Waals surface area contributed by atoms with E-state index in [9.17, 15) is 27.1 Å². The zero-order valence-electron chi connectivity index (χ0n) is 19.5. The Hall–Kier alpha value is -3.09. The smallest absolute Gasteiger partial charge is 0.374 e. The van der Waals surface area contributed by atoms with Crippen LogP contribution in [0.4, 0.5) is 33.6 Å². The summed E-state index contributed by atoms with van der Waals surface area (Å²) in [6.45, 7) is 2.55. The number of alkyl halides is 5. The minimum atomic E-state index is -4.50. The molecule has 2 atom stereocenters. The number of anilines is 2. The second-order valence-corrected chi connectivity index (χ2v) is 9.42. The third kappa shape index (κ3) is 4.33. The second-order valence-electron chi connectivity index (χ2n) is 9.42. The molecule has 0 bridgehead atoms. The van der Waals surface area contributed by atoms with Crippen LogP contribution in [0.25, 0.3) is 11.2 Å². The van der Waals surface area contributed by atoms with E-state index in [1.54, 1.807) is 11.1 Å². The van der Waals surface area contributed by atoms with Gasteiger partial charge in [0.1, 0.15) is 29.9 Å². The number of piperidine rings is 1. The molecule has 194 valence electrons. The first kappa shape index (κ1) is 24.6. The molecule has 2 fully saturated rings. The summed E-state index contributed by atoms with van der Waals surface area (Å²) in [5.41, 5.74) is -0.389. The van der Waals surface area contributed by atoms with Crippen molar-refractivity contribution in [1.82, 2.24) is 24.7 Å². The largest absolute Gasteiger partial charge is 0.416 e. The van der Waals surface area contributed by atoms with E-state index in [1.165, 1.54) is 6.20 Å². The van der Waals surface area contributed by atoms with Crippen molar-refractivity contribution in [3.8, 4) is 0 Å². The van der Waals surface area contributed by atoms with Gasteiger partial charge in [0, 0.05) is 25.3 Å². The molecular formula is C23H26F5N7O. The number of halogens is 5. The number of aromatic nitrogens is 5. The van der Waals surface area contributed by atoms with Gasteiger partial charge in [-0.25, -0.2) is 28.4 Å². The van der Waals surface area contributed by atoms with Crippen LogP contribution in [-0.2, 0) is 12.7 Å². The summed E-state index contributed by atoms with van der Waals surface area (Å²) in [6, 6.07) is 1.73. The van der Waals surface area contributed by atoms with Crippen molar-refractivity contribution in [2.24, 2.45) is 5.41 Å². The van der Waals surface area contributed by atoms with E-state index in [0.717, 1.165) is 23.0 Å². The average Bonchev–Trinajstić information content (AvgIpc) is 3.35. The maximum absolute atomic E-state index is 13.3. The minimum Gasteiger partial charge on any atom is -0.374 e. The maximum Gasteiger partial charge on any atom is 0.416 e. The highest BCUT2D eigenvalue weighted by atomic mass is 19.4. The molecule has 5 heterocycles. The first-order chi connectivity index (χ1) is 17.1. The van der Waals surface area contributed by atoms with Crippen molar-refractivity contribution in [2.75, 3.05) is 22.9 Å². The van der Waals surface area contributed by atoms with E-state index in [4.69, 9.17) is 0 Å². The van der Waals surface area contributed by atoms with E-state index in [-0.39, 0.29) is 22.9 Å². The molecule has 3 aromatic heterocycles. The molecule has 36 heavy (non-hydrogen) atoms. The minimum absolute atomic E-state index is 0.118. The first-order valence-corrected chi connectivity index (χ1v) is 11.8. The fraction of sp³-hybridized carbons (Fsp3) is 0.565. The molecule has 0 radical (unpaired) electrons. The quantitative estimate of drug-likeness (QED) is 0.517. The fourth-order valence-electron chi connectivity index (χ4n) is 5.75. The number of aliphatic hydroxyl groups excluding tert-OH is 1. The van der Waals surface area contributed by atoms with E-state index >= 15 is 0 Å². The standard InChI is InChI=1S/C23H26F5N7O/c1-2-16-22(10-20(36)35(16)18-9-14(3-6-29-18)23(26,27)28)4-7-33(8-5-22)19-12-30-15-11-31-34(13-17(24)25)21(15)32-19/h3,6,9,11-12,16-17,20,36H,2,4-5,7-8,10,13H2,1H3. The number of aliphatic hydroxyl groups is 1. The third-order valence-electron chi connectivity index (χ3n) is 7.40. The van der Waals surface area contributed by atoms with Crippen LogP contribution in [0.1, 0.15) is 38.2 Å². The molecule has 13 heteroatoms. The predicted molar refractivity (Wildman–Crippen MR) is 122 cm³/mol. The number of pyridine rings is 1. The molecule has 0 amide bonds. The van der Waals surface area contributed by atoms with E-state index in [0.29, 0.717) is 50.1 Å².